The van der Waals surface area contributed by atoms with Crippen LogP contribution in [0.3, 0.4) is 0 Å². The molecule has 5 heteroatoms. The molecular formula is C15H10BrClF2O. The van der Waals surface area contributed by atoms with Gasteiger partial charge in [0.05, 0.1) is 0 Å². The van der Waals surface area contributed by atoms with Crippen LogP contribution in [0.2, 0.25) is 5.02 Å². The third-order valence-electron chi connectivity index (χ3n) is 2.82. The van der Waals surface area contributed by atoms with Crippen molar-refractivity contribution in [2.45, 2.75) is 12.8 Å². The van der Waals surface area contributed by atoms with Crippen molar-refractivity contribution < 1.29 is 13.6 Å². The molecule has 104 valence electrons. The van der Waals surface area contributed by atoms with E-state index >= 15 is 0 Å². The Balaban J connectivity index is 2.11. The van der Waals surface area contributed by atoms with Gasteiger partial charge in [0.15, 0.2) is 11.6 Å². The van der Waals surface area contributed by atoms with Crippen molar-refractivity contribution in [2.24, 2.45) is 0 Å². The summed E-state index contributed by atoms with van der Waals surface area (Å²) in [7, 11) is 0. The molecule has 0 radical (unpaired) electrons. The lowest BCUT2D eigenvalue weighted by Gasteiger charge is -2.06. The van der Waals surface area contributed by atoms with E-state index in [9.17, 15) is 13.6 Å². The van der Waals surface area contributed by atoms with Gasteiger partial charge in [-0.1, -0.05) is 45.7 Å². The van der Waals surface area contributed by atoms with Gasteiger partial charge >= 0.3 is 0 Å². The summed E-state index contributed by atoms with van der Waals surface area (Å²) in [4.78, 5) is 11.9. The highest BCUT2D eigenvalue weighted by Crippen LogP contribution is 2.22. The van der Waals surface area contributed by atoms with Crippen molar-refractivity contribution in [1.29, 1.82) is 0 Å². The van der Waals surface area contributed by atoms with Gasteiger partial charge in [0.2, 0.25) is 0 Å². The summed E-state index contributed by atoms with van der Waals surface area (Å²) in [6, 6.07) is 9.00. The summed E-state index contributed by atoms with van der Waals surface area (Å²) in [5.74, 6) is -2.14. The summed E-state index contributed by atoms with van der Waals surface area (Å²) in [5, 5.41) is 0.465. The fraction of sp³-hybridized carbons (Fsp3) is 0.133. The van der Waals surface area contributed by atoms with E-state index in [1.54, 1.807) is 18.2 Å². The van der Waals surface area contributed by atoms with Crippen LogP contribution < -0.4 is 0 Å². The van der Waals surface area contributed by atoms with Crippen LogP contribution in [0, 0.1) is 11.6 Å². The quantitative estimate of drug-likeness (QED) is 0.771. The molecule has 0 amide bonds. The maximum Gasteiger partial charge on any atom is 0.162 e. The van der Waals surface area contributed by atoms with Gasteiger partial charge < -0.3 is 0 Å². The Morgan fingerprint density at radius 2 is 1.80 bits per heavy atom. The van der Waals surface area contributed by atoms with E-state index < -0.39 is 11.6 Å². The topological polar surface area (TPSA) is 17.1 Å². The van der Waals surface area contributed by atoms with Crippen LogP contribution in [0.1, 0.15) is 11.1 Å². The van der Waals surface area contributed by atoms with Crippen LogP contribution in [0.15, 0.2) is 40.9 Å². The van der Waals surface area contributed by atoms with Crippen molar-refractivity contribution in [3.8, 4) is 0 Å². The summed E-state index contributed by atoms with van der Waals surface area (Å²) in [6.07, 6.45) is -0.0714. The van der Waals surface area contributed by atoms with Gasteiger partial charge in [-0.2, -0.15) is 0 Å². The van der Waals surface area contributed by atoms with Crippen molar-refractivity contribution in [3.05, 3.63) is 68.7 Å². The predicted octanol–water partition coefficient (Wildman–Crippen LogP) is 4.74. The lowest BCUT2D eigenvalue weighted by atomic mass is 10.0. The zero-order valence-corrected chi connectivity index (χ0v) is 12.6. The Labute approximate surface area is 128 Å². The largest absolute Gasteiger partial charge is 0.299 e. The molecule has 1 nitrogen and oxygen atoms in total. The Morgan fingerprint density at radius 1 is 1.10 bits per heavy atom. The number of carbonyl (C=O) groups is 1. The molecule has 0 saturated carbocycles. The minimum absolute atomic E-state index is 0.0586. The first kappa shape index (κ1) is 15.1. The van der Waals surface area contributed by atoms with Gasteiger partial charge in [0, 0.05) is 22.3 Å². The molecule has 20 heavy (non-hydrogen) atoms. The number of Topliss-reactive ketones (excluding diaryl/α,β-unsaturated/α-hetero) is 1. The fourth-order valence-corrected chi connectivity index (χ4v) is 2.58. The van der Waals surface area contributed by atoms with E-state index in [4.69, 9.17) is 11.6 Å². The second-order valence-electron chi connectivity index (χ2n) is 4.34. The second kappa shape index (κ2) is 6.46. The van der Waals surface area contributed by atoms with E-state index in [0.29, 0.717) is 10.6 Å². The molecule has 0 aromatic heterocycles. The molecule has 0 bridgehead atoms. The Kier molecular flexibility index (Phi) is 4.89. The first-order chi connectivity index (χ1) is 9.47. The minimum Gasteiger partial charge on any atom is -0.299 e. The van der Waals surface area contributed by atoms with Crippen molar-refractivity contribution in [1.82, 2.24) is 0 Å². The third kappa shape index (κ3) is 3.64. The van der Waals surface area contributed by atoms with Gasteiger partial charge in [-0.15, -0.1) is 0 Å². The number of carbonyl (C=O) groups excluding carboxylic acids is 1. The molecule has 2 rings (SSSR count). The van der Waals surface area contributed by atoms with E-state index in [0.717, 1.165) is 10.5 Å². The number of rotatable bonds is 4. The molecule has 0 aliphatic carbocycles. The number of ketones is 1. The van der Waals surface area contributed by atoms with Crippen LogP contribution in [0.4, 0.5) is 8.78 Å². The molecule has 0 aliphatic heterocycles. The summed E-state index contributed by atoms with van der Waals surface area (Å²) < 4.78 is 27.3. The minimum atomic E-state index is -0.970. The maximum absolute atomic E-state index is 13.5. The van der Waals surface area contributed by atoms with Gasteiger partial charge in [-0.3, -0.25) is 4.79 Å². The predicted molar refractivity (Wildman–Crippen MR) is 77.9 cm³/mol. The highest BCUT2D eigenvalue weighted by Gasteiger charge is 2.13. The molecule has 0 atom stereocenters. The number of benzene rings is 2. The average Bonchev–Trinajstić information content (AvgIpc) is 2.38. The zero-order chi connectivity index (χ0) is 14.7. The van der Waals surface area contributed by atoms with Crippen LogP contribution >= 0.6 is 27.5 Å². The first-order valence-corrected chi connectivity index (χ1v) is 7.03. The summed E-state index contributed by atoms with van der Waals surface area (Å²) >= 11 is 9.29. The molecule has 2 aromatic carbocycles. The van der Waals surface area contributed by atoms with Gasteiger partial charge in [0.1, 0.15) is 5.78 Å². The Hall–Kier alpha value is -1.26. The van der Waals surface area contributed by atoms with Crippen LogP contribution in [-0.4, -0.2) is 5.78 Å². The van der Waals surface area contributed by atoms with Gasteiger partial charge in [-0.25, -0.2) is 8.78 Å². The van der Waals surface area contributed by atoms with Crippen molar-refractivity contribution in [3.63, 3.8) is 0 Å². The lowest BCUT2D eigenvalue weighted by Crippen LogP contribution is -2.09. The maximum atomic E-state index is 13.5. The highest BCUT2D eigenvalue weighted by atomic mass is 79.9. The molecule has 0 spiro atoms. The van der Waals surface area contributed by atoms with E-state index in [-0.39, 0.29) is 24.2 Å². The summed E-state index contributed by atoms with van der Waals surface area (Å²) in [6.45, 7) is 0. The molecule has 0 aliphatic rings. The Morgan fingerprint density at radius 3 is 2.50 bits per heavy atom. The van der Waals surface area contributed by atoms with Crippen LogP contribution in [0.25, 0.3) is 0 Å². The molecular weight excluding hydrogens is 350 g/mol. The standard InChI is InChI=1S/C15H10BrClF2O/c16-11-5-4-9(13(17)8-11)6-12(20)7-10-2-1-3-14(18)15(10)19/h1-5,8H,6-7H2. The first-order valence-electron chi connectivity index (χ1n) is 5.86. The van der Waals surface area contributed by atoms with Gasteiger partial charge in [0.25, 0.3) is 0 Å². The van der Waals surface area contributed by atoms with Crippen LogP contribution in [0.5, 0.6) is 0 Å². The van der Waals surface area contributed by atoms with E-state index in [1.165, 1.54) is 12.1 Å². The zero-order valence-electron chi connectivity index (χ0n) is 10.3. The Bertz CT molecular complexity index is 658. The van der Waals surface area contributed by atoms with E-state index in [2.05, 4.69) is 15.9 Å². The highest BCUT2D eigenvalue weighted by molar-refractivity contribution is 9.10. The van der Waals surface area contributed by atoms with Gasteiger partial charge in [-0.05, 0) is 29.3 Å². The number of halogens is 4. The smallest absolute Gasteiger partial charge is 0.162 e. The van der Waals surface area contributed by atoms with E-state index in [1.807, 2.05) is 0 Å². The number of hydrogen-bond acceptors (Lipinski definition) is 1. The molecule has 0 N–H and O–H groups in total. The molecule has 0 heterocycles. The fourth-order valence-electron chi connectivity index (χ4n) is 1.84. The third-order valence-corrected chi connectivity index (χ3v) is 3.67. The van der Waals surface area contributed by atoms with Crippen molar-refractivity contribution >= 4 is 33.3 Å². The normalized spacial score (nSPS) is 10.6. The molecule has 0 fully saturated rings. The lowest BCUT2D eigenvalue weighted by molar-refractivity contribution is -0.117. The number of hydrogen-bond donors (Lipinski definition) is 0. The molecule has 0 saturated heterocycles. The SMILES string of the molecule is O=C(Cc1ccc(Br)cc1Cl)Cc1cccc(F)c1F. The summed E-state index contributed by atoms with van der Waals surface area (Å²) in [5.41, 5.74) is 0.722. The molecule has 2 aromatic rings. The average molecular weight is 360 g/mol. The molecule has 0 unspecified atom stereocenters. The second-order valence-corrected chi connectivity index (χ2v) is 5.66. The van der Waals surface area contributed by atoms with Crippen LogP contribution in [-0.2, 0) is 17.6 Å². The van der Waals surface area contributed by atoms with Crippen molar-refractivity contribution in [2.75, 3.05) is 0 Å². The monoisotopic (exact) mass is 358 g/mol.